The van der Waals surface area contributed by atoms with E-state index < -0.39 is 0 Å². The third kappa shape index (κ3) is 0.615. The van der Waals surface area contributed by atoms with Gasteiger partial charge in [0.05, 0.1) is 12.7 Å². The van der Waals surface area contributed by atoms with Crippen LogP contribution in [0.4, 0.5) is 0 Å². The van der Waals surface area contributed by atoms with Crippen molar-refractivity contribution in [1.29, 1.82) is 0 Å². The molecule has 0 aromatic heterocycles. The van der Waals surface area contributed by atoms with Crippen LogP contribution in [-0.2, 0) is 4.74 Å². The summed E-state index contributed by atoms with van der Waals surface area (Å²) in [4.78, 5) is 0. The van der Waals surface area contributed by atoms with Crippen molar-refractivity contribution in [2.45, 2.75) is 18.9 Å². The van der Waals surface area contributed by atoms with Gasteiger partial charge in [-0.1, -0.05) is 12.2 Å². The molecule has 3 aliphatic rings. The van der Waals surface area contributed by atoms with E-state index in [1.807, 2.05) is 0 Å². The Kier molecular flexibility index (Phi) is 0.883. The van der Waals surface area contributed by atoms with E-state index in [9.17, 15) is 0 Å². The van der Waals surface area contributed by atoms with Gasteiger partial charge in [-0.05, 0) is 30.6 Å². The highest BCUT2D eigenvalue weighted by atomic mass is 16.6. The average molecular weight is 136 g/mol. The van der Waals surface area contributed by atoms with Crippen molar-refractivity contribution in [3.63, 3.8) is 0 Å². The number of hydrogen-bond acceptors (Lipinski definition) is 1. The highest BCUT2D eigenvalue weighted by Gasteiger charge is 2.44. The van der Waals surface area contributed by atoms with Crippen molar-refractivity contribution in [1.82, 2.24) is 0 Å². The van der Waals surface area contributed by atoms with Crippen LogP contribution in [0.1, 0.15) is 12.8 Å². The van der Waals surface area contributed by atoms with Crippen LogP contribution in [-0.4, -0.2) is 12.7 Å². The number of hydrogen-bond donors (Lipinski definition) is 0. The van der Waals surface area contributed by atoms with Gasteiger partial charge in [0.1, 0.15) is 0 Å². The fourth-order valence-electron chi connectivity index (χ4n) is 2.55. The van der Waals surface area contributed by atoms with Gasteiger partial charge in [0, 0.05) is 0 Å². The van der Waals surface area contributed by atoms with Gasteiger partial charge in [-0.15, -0.1) is 0 Å². The van der Waals surface area contributed by atoms with E-state index in [0.29, 0.717) is 6.10 Å². The smallest absolute Gasteiger partial charge is 0.0843 e. The van der Waals surface area contributed by atoms with E-state index in [4.69, 9.17) is 4.74 Å². The molecule has 4 atom stereocenters. The standard InChI is InChI=1S/C9H12O/c1-2-7-3-6(1)4-8(7)9-5-10-9/h1-2,6-9H,3-5H2/t6-,7+,8+,9-/m0/s1. The zero-order valence-electron chi connectivity index (χ0n) is 5.99. The van der Waals surface area contributed by atoms with Gasteiger partial charge in [-0.25, -0.2) is 0 Å². The highest BCUT2D eigenvalue weighted by molar-refractivity contribution is 5.12. The van der Waals surface area contributed by atoms with Crippen molar-refractivity contribution in [2.75, 3.05) is 6.61 Å². The molecule has 0 amide bonds. The molecule has 0 radical (unpaired) electrons. The zero-order valence-corrected chi connectivity index (χ0v) is 5.99. The van der Waals surface area contributed by atoms with Crippen LogP contribution in [0.15, 0.2) is 12.2 Å². The summed E-state index contributed by atoms with van der Waals surface area (Å²) in [6, 6.07) is 0. The van der Waals surface area contributed by atoms with Crippen LogP contribution >= 0.6 is 0 Å². The molecule has 2 bridgehead atoms. The second-order valence-electron chi connectivity index (χ2n) is 3.82. The molecule has 2 aliphatic carbocycles. The predicted octanol–water partition coefficient (Wildman–Crippen LogP) is 1.60. The molecule has 54 valence electrons. The Bertz CT molecular complexity index is 181. The third-order valence-corrected chi connectivity index (χ3v) is 3.17. The molecule has 1 heterocycles. The normalized spacial score (nSPS) is 56.0. The molecule has 0 aromatic carbocycles. The largest absolute Gasteiger partial charge is 0.373 e. The summed E-state index contributed by atoms with van der Waals surface area (Å²) in [7, 11) is 0. The number of epoxide rings is 1. The van der Waals surface area contributed by atoms with Gasteiger partial charge >= 0.3 is 0 Å². The van der Waals surface area contributed by atoms with Gasteiger partial charge in [-0.3, -0.25) is 0 Å². The van der Waals surface area contributed by atoms with E-state index in [1.54, 1.807) is 0 Å². The minimum atomic E-state index is 0.653. The van der Waals surface area contributed by atoms with Crippen LogP contribution in [0.5, 0.6) is 0 Å². The van der Waals surface area contributed by atoms with Crippen molar-refractivity contribution in [3.05, 3.63) is 12.2 Å². The maximum Gasteiger partial charge on any atom is 0.0843 e. The Morgan fingerprint density at radius 3 is 2.60 bits per heavy atom. The quantitative estimate of drug-likeness (QED) is 0.394. The molecule has 10 heavy (non-hydrogen) atoms. The topological polar surface area (TPSA) is 12.5 Å². The average Bonchev–Trinajstić information content (AvgIpc) is 2.60. The second kappa shape index (κ2) is 1.65. The summed E-state index contributed by atoms with van der Waals surface area (Å²) in [6.45, 7) is 1.04. The lowest BCUT2D eigenvalue weighted by molar-refractivity contribution is 0.298. The highest BCUT2D eigenvalue weighted by Crippen LogP contribution is 2.47. The van der Waals surface area contributed by atoms with Crippen LogP contribution in [0.3, 0.4) is 0 Å². The summed E-state index contributed by atoms with van der Waals surface area (Å²) in [5, 5.41) is 0. The Balaban J connectivity index is 1.83. The molecule has 1 nitrogen and oxygen atoms in total. The molecule has 2 fully saturated rings. The van der Waals surface area contributed by atoms with Gasteiger partial charge in [-0.2, -0.15) is 0 Å². The third-order valence-electron chi connectivity index (χ3n) is 3.17. The monoisotopic (exact) mass is 136 g/mol. The molecule has 1 saturated carbocycles. The lowest BCUT2D eigenvalue weighted by Crippen LogP contribution is -2.13. The fraction of sp³-hybridized carbons (Fsp3) is 0.778. The predicted molar refractivity (Wildman–Crippen MR) is 38.6 cm³/mol. The first-order valence-electron chi connectivity index (χ1n) is 4.23. The summed E-state index contributed by atoms with van der Waals surface area (Å²) >= 11 is 0. The summed E-state index contributed by atoms with van der Waals surface area (Å²) in [6.07, 6.45) is 8.28. The van der Waals surface area contributed by atoms with E-state index >= 15 is 0 Å². The minimum absolute atomic E-state index is 0.653. The van der Waals surface area contributed by atoms with E-state index in [2.05, 4.69) is 12.2 Å². The van der Waals surface area contributed by atoms with Gasteiger partial charge in [0.15, 0.2) is 0 Å². The summed E-state index contributed by atoms with van der Waals surface area (Å²) in [5.41, 5.74) is 0. The van der Waals surface area contributed by atoms with E-state index in [1.165, 1.54) is 12.8 Å². The molecule has 1 heteroatoms. The Hall–Kier alpha value is -0.300. The number of fused-ring (bicyclic) bond motifs is 2. The van der Waals surface area contributed by atoms with E-state index in [0.717, 1.165) is 24.4 Å². The second-order valence-corrected chi connectivity index (χ2v) is 3.82. The fourth-order valence-corrected chi connectivity index (χ4v) is 2.55. The van der Waals surface area contributed by atoms with Gasteiger partial charge in [0.2, 0.25) is 0 Å². The molecule has 0 aromatic rings. The van der Waals surface area contributed by atoms with Gasteiger partial charge in [0.25, 0.3) is 0 Å². The number of ether oxygens (including phenoxy) is 1. The maximum absolute atomic E-state index is 5.31. The lowest BCUT2D eigenvalue weighted by atomic mass is 9.91. The first-order chi connectivity index (χ1) is 4.93. The molecule has 1 saturated heterocycles. The van der Waals surface area contributed by atoms with Crippen LogP contribution < -0.4 is 0 Å². The molecule has 1 aliphatic heterocycles. The van der Waals surface area contributed by atoms with Crippen LogP contribution in [0, 0.1) is 17.8 Å². The lowest BCUT2D eigenvalue weighted by Gasteiger charge is -2.14. The van der Waals surface area contributed by atoms with Gasteiger partial charge < -0.3 is 4.74 Å². The molecule has 0 spiro atoms. The summed E-state index contributed by atoms with van der Waals surface area (Å²) < 4.78 is 5.31. The van der Waals surface area contributed by atoms with Crippen molar-refractivity contribution in [3.8, 4) is 0 Å². The van der Waals surface area contributed by atoms with E-state index in [-0.39, 0.29) is 0 Å². The first-order valence-corrected chi connectivity index (χ1v) is 4.23. The molecular weight excluding hydrogens is 124 g/mol. The number of allylic oxidation sites excluding steroid dienone is 2. The minimum Gasteiger partial charge on any atom is -0.373 e. The van der Waals surface area contributed by atoms with Crippen molar-refractivity contribution < 1.29 is 4.74 Å². The maximum atomic E-state index is 5.31. The molecular formula is C9H12O. The van der Waals surface area contributed by atoms with Crippen molar-refractivity contribution in [2.24, 2.45) is 17.8 Å². The first kappa shape index (κ1) is 5.36. The summed E-state index contributed by atoms with van der Waals surface area (Å²) in [5.74, 6) is 2.70. The zero-order chi connectivity index (χ0) is 6.55. The number of rotatable bonds is 1. The van der Waals surface area contributed by atoms with Crippen LogP contribution in [0.2, 0.25) is 0 Å². The Labute approximate surface area is 61.1 Å². The Morgan fingerprint density at radius 2 is 2.10 bits per heavy atom. The molecule has 3 rings (SSSR count). The molecule has 0 unspecified atom stereocenters. The SMILES string of the molecule is C1=C[C@@H]2C[C@H]1C[C@H]2[C@@H]1CO1. The van der Waals surface area contributed by atoms with Crippen LogP contribution in [0.25, 0.3) is 0 Å². The van der Waals surface area contributed by atoms with Crippen molar-refractivity contribution >= 4 is 0 Å². The molecule has 0 N–H and O–H groups in total. The Morgan fingerprint density at radius 1 is 1.20 bits per heavy atom.